The van der Waals surface area contributed by atoms with Crippen molar-refractivity contribution in [1.82, 2.24) is 25.5 Å². The Balaban J connectivity index is 2.17. The molecule has 1 heterocycles. The van der Waals surface area contributed by atoms with E-state index in [1.165, 1.54) is 5.56 Å². The van der Waals surface area contributed by atoms with Crippen LogP contribution in [0.5, 0.6) is 0 Å². The third-order valence-electron chi connectivity index (χ3n) is 4.83. The minimum atomic E-state index is 0.156. The zero-order chi connectivity index (χ0) is 18.1. The van der Waals surface area contributed by atoms with Gasteiger partial charge in [0.1, 0.15) is 0 Å². The monoisotopic (exact) mass is 344 g/mol. The van der Waals surface area contributed by atoms with E-state index in [2.05, 4.69) is 65.9 Å². The van der Waals surface area contributed by atoms with Crippen LogP contribution in [0, 0.1) is 5.92 Å². The zero-order valence-electron chi connectivity index (χ0n) is 15.8. The molecular weight excluding hydrogens is 312 g/mol. The molecule has 0 aliphatic heterocycles. The molecule has 0 saturated heterocycles. The number of hydrogen-bond acceptors (Lipinski definition) is 5. The summed E-state index contributed by atoms with van der Waals surface area (Å²) in [5, 5.41) is 16.2. The summed E-state index contributed by atoms with van der Waals surface area (Å²) in [6.45, 7) is 8.88. The molecule has 6 heteroatoms. The zero-order valence-corrected chi connectivity index (χ0v) is 15.8. The minimum absolute atomic E-state index is 0.156. The lowest BCUT2D eigenvalue weighted by atomic mass is 9.93. The van der Waals surface area contributed by atoms with E-state index in [4.69, 9.17) is 5.73 Å². The number of rotatable bonds is 11. The molecule has 0 fully saturated rings. The summed E-state index contributed by atoms with van der Waals surface area (Å²) < 4.78 is 1.97. The molecule has 25 heavy (non-hydrogen) atoms. The summed E-state index contributed by atoms with van der Waals surface area (Å²) in [4.78, 5) is 0. The second kappa shape index (κ2) is 10.3. The van der Waals surface area contributed by atoms with Crippen molar-refractivity contribution in [2.75, 3.05) is 0 Å². The molecule has 0 spiro atoms. The fraction of sp³-hybridized carbons (Fsp3) is 0.632. The lowest BCUT2D eigenvalue weighted by molar-refractivity contribution is 0.312. The summed E-state index contributed by atoms with van der Waals surface area (Å²) >= 11 is 0. The molecule has 1 unspecified atom stereocenters. The van der Waals surface area contributed by atoms with Gasteiger partial charge >= 0.3 is 0 Å². The Kier molecular flexibility index (Phi) is 8.01. The number of nitrogens with one attached hydrogen (secondary N) is 1. The molecule has 0 saturated carbocycles. The van der Waals surface area contributed by atoms with Gasteiger partial charge in [0.15, 0.2) is 5.82 Å². The number of aryl methyl sites for hydroxylation is 1. The number of aromatic nitrogens is 4. The number of unbranched alkanes of at least 4 members (excludes halogenated alkanes) is 1. The highest BCUT2D eigenvalue weighted by Crippen LogP contribution is 2.26. The number of nitrogens with two attached hydrogens (primary N) is 1. The first-order chi connectivity index (χ1) is 12.2. The van der Waals surface area contributed by atoms with Crippen LogP contribution in [0.3, 0.4) is 0 Å². The Morgan fingerprint density at radius 2 is 1.92 bits per heavy atom. The van der Waals surface area contributed by atoms with Crippen LogP contribution < -0.4 is 11.1 Å². The molecule has 2 rings (SSSR count). The standard InChI is InChI=1S/C19H32N6/c1-4-7-11-25-19(22-23-24-25)18(17(5-2)6-3)21-14-16-10-8-9-15(12-16)13-20/h8-10,12,17-18,21H,4-7,11,13-14,20H2,1-3H3. The van der Waals surface area contributed by atoms with E-state index in [0.29, 0.717) is 12.5 Å². The van der Waals surface area contributed by atoms with Crippen molar-refractivity contribution in [1.29, 1.82) is 0 Å². The summed E-state index contributed by atoms with van der Waals surface area (Å²) in [5.74, 6) is 1.46. The van der Waals surface area contributed by atoms with E-state index in [-0.39, 0.29) is 6.04 Å². The molecule has 0 aliphatic rings. The molecule has 138 valence electrons. The van der Waals surface area contributed by atoms with Gasteiger partial charge in [-0.2, -0.15) is 0 Å². The van der Waals surface area contributed by atoms with Gasteiger partial charge in [-0.25, -0.2) is 4.68 Å². The minimum Gasteiger partial charge on any atom is -0.326 e. The van der Waals surface area contributed by atoms with Gasteiger partial charge < -0.3 is 11.1 Å². The van der Waals surface area contributed by atoms with Crippen LogP contribution in [0.25, 0.3) is 0 Å². The first-order valence-corrected chi connectivity index (χ1v) is 9.50. The molecule has 0 amide bonds. The Morgan fingerprint density at radius 1 is 1.16 bits per heavy atom. The number of tetrazole rings is 1. The fourth-order valence-electron chi connectivity index (χ4n) is 3.22. The van der Waals surface area contributed by atoms with Gasteiger partial charge in [0, 0.05) is 19.6 Å². The lowest BCUT2D eigenvalue weighted by Gasteiger charge is -2.26. The lowest BCUT2D eigenvalue weighted by Crippen LogP contribution is -2.30. The molecular formula is C19H32N6. The van der Waals surface area contributed by atoms with E-state index in [0.717, 1.165) is 50.2 Å². The van der Waals surface area contributed by atoms with Crippen molar-refractivity contribution in [3.8, 4) is 0 Å². The highest BCUT2D eigenvalue weighted by atomic mass is 15.5. The third kappa shape index (κ3) is 5.34. The van der Waals surface area contributed by atoms with Gasteiger partial charge in [-0.15, -0.1) is 5.10 Å². The predicted octanol–water partition coefficient (Wildman–Crippen LogP) is 3.20. The summed E-state index contributed by atoms with van der Waals surface area (Å²) in [5.41, 5.74) is 8.16. The number of benzene rings is 1. The van der Waals surface area contributed by atoms with E-state index in [1.807, 2.05) is 4.68 Å². The Hall–Kier alpha value is -1.79. The highest BCUT2D eigenvalue weighted by Gasteiger charge is 2.25. The van der Waals surface area contributed by atoms with Crippen LogP contribution in [-0.4, -0.2) is 20.2 Å². The molecule has 1 aromatic heterocycles. The van der Waals surface area contributed by atoms with E-state index < -0.39 is 0 Å². The van der Waals surface area contributed by atoms with Gasteiger partial charge in [-0.05, 0) is 33.9 Å². The van der Waals surface area contributed by atoms with Gasteiger partial charge in [0.05, 0.1) is 6.04 Å². The van der Waals surface area contributed by atoms with E-state index in [1.54, 1.807) is 0 Å². The number of hydrogen-bond donors (Lipinski definition) is 2. The first-order valence-electron chi connectivity index (χ1n) is 9.50. The van der Waals surface area contributed by atoms with Crippen LogP contribution in [0.4, 0.5) is 0 Å². The van der Waals surface area contributed by atoms with E-state index >= 15 is 0 Å². The molecule has 6 nitrogen and oxygen atoms in total. The largest absolute Gasteiger partial charge is 0.326 e. The summed E-state index contributed by atoms with van der Waals surface area (Å²) in [7, 11) is 0. The summed E-state index contributed by atoms with van der Waals surface area (Å²) in [6.07, 6.45) is 4.41. The smallest absolute Gasteiger partial charge is 0.168 e. The fourth-order valence-corrected chi connectivity index (χ4v) is 3.22. The highest BCUT2D eigenvalue weighted by molar-refractivity contribution is 5.23. The van der Waals surface area contributed by atoms with Crippen molar-refractivity contribution in [3.63, 3.8) is 0 Å². The Labute approximate surface area is 151 Å². The predicted molar refractivity (Wildman–Crippen MR) is 101 cm³/mol. The maximum atomic E-state index is 5.76. The maximum absolute atomic E-state index is 5.76. The Morgan fingerprint density at radius 3 is 2.60 bits per heavy atom. The van der Waals surface area contributed by atoms with Gasteiger partial charge in [-0.3, -0.25) is 0 Å². The van der Waals surface area contributed by atoms with E-state index in [9.17, 15) is 0 Å². The van der Waals surface area contributed by atoms with Crippen LogP contribution in [0.15, 0.2) is 24.3 Å². The first kappa shape index (κ1) is 19.5. The SMILES string of the molecule is CCCCn1nnnc1C(NCc1cccc(CN)c1)C(CC)CC. The van der Waals surface area contributed by atoms with Crippen molar-refractivity contribution in [3.05, 3.63) is 41.2 Å². The van der Waals surface area contributed by atoms with Gasteiger partial charge in [0.2, 0.25) is 0 Å². The quantitative estimate of drug-likeness (QED) is 0.654. The van der Waals surface area contributed by atoms with Crippen LogP contribution in [-0.2, 0) is 19.6 Å². The second-order valence-corrected chi connectivity index (χ2v) is 6.57. The molecule has 0 aliphatic carbocycles. The van der Waals surface area contributed by atoms with Crippen LogP contribution in [0.1, 0.15) is 69.4 Å². The van der Waals surface area contributed by atoms with Crippen LogP contribution in [0.2, 0.25) is 0 Å². The molecule has 2 aromatic rings. The van der Waals surface area contributed by atoms with Crippen molar-refractivity contribution in [2.45, 2.75) is 72.1 Å². The van der Waals surface area contributed by atoms with Crippen molar-refractivity contribution >= 4 is 0 Å². The third-order valence-corrected chi connectivity index (χ3v) is 4.83. The second-order valence-electron chi connectivity index (χ2n) is 6.57. The average Bonchev–Trinajstić information content (AvgIpc) is 3.11. The maximum Gasteiger partial charge on any atom is 0.168 e. The molecule has 1 aromatic carbocycles. The molecule has 0 radical (unpaired) electrons. The van der Waals surface area contributed by atoms with Crippen molar-refractivity contribution in [2.24, 2.45) is 11.7 Å². The summed E-state index contributed by atoms with van der Waals surface area (Å²) in [6, 6.07) is 8.58. The van der Waals surface area contributed by atoms with Gasteiger partial charge in [0.25, 0.3) is 0 Å². The molecule has 0 bridgehead atoms. The Bertz CT molecular complexity index is 620. The molecule has 3 N–H and O–H groups in total. The average molecular weight is 345 g/mol. The van der Waals surface area contributed by atoms with Crippen molar-refractivity contribution < 1.29 is 0 Å². The normalized spacial score (nSPS) is 12.7. The van der Waals surface area contributed by atoms with Gasteiger partial charge in [-0.1, -0.05) is 64.3 Å². The van der Waals surface area contributed by atoms with Crippen LogP contribution >= 0.6 is 0 Å². The topological polar surface area (TPSA) is 81.7 Å². The molecule has 1 atom stereocenters. The number of nitrogens with zero attached hydrogens (tertiary/aromatic N) is 4.